The predicted octanol–water partition coefficient (Wildman–Crippen LogP) is 3.96. The van der Waals surface area contributed by atoms with Crippen molar-refractivity contribution in [1.82, 2.24) is 4.98 Å². The standard InChI is InChI=1S/C19H22N2O2/c1-12(2)7-8-23-18-6-5-15(9-13(18)3)16-10-14(4)21-19(22)17(16)11-20/h5-6,9-10,12H,7-8H2,1-4H3,(H,21,22). The Bertz CT molecular complexity index is 798. The Balaban J connectivity index is 2.35. The van der Waals surface area contributed by atoms with Gasteiger partial charge in [-0.1, -0.05) is 19.9 Å². The average Bonchev–Trinajstić information content (AvgIpc) is 2.47. The predicted molar refractivity (Wildman–Crippen MR) is 91.6 cm³/mol. The molecule has 0 spiro atoms. The van der Waals surface area contributed by atoms with Crippen molar-refractivity contribution < 1.29 is 4.74 Å². The van der Waals surface area contributed by atoms with Gasteiger partial charge in [-0.15, -0.1) is 0 Å². The summed E-state index contributed by atoms with van der Waals surface area (Å²) in [5.41, 5.74) is 3.03. The van der Waals surface area contributed by atoms with Gasteiger partial charge in [0.2, 0.25) is 0 Å². The number of nitriles is 1. The summed E-state index contributed by atoms with van der Waals surface area (Å²) < 4.78 is 5.81. The molecule has 0 amide bonds. The largest absolute Gasteiger partial charge is 0.493 e. The summed E-state index contributed by atoms with van der Waals surface area (Å²) >= 11 is 0. The SMILES string of the molecule is Cc1cc(-c2ccc(OCCC(C)C)c(C)c2)c(C#N)c(=O)[nH]1. The lowest BCUT2D eigenvalue weighted by Crippen LogP contribution is -2.12. The Morgan fingerprint density at radius 3 is 2.61 bits per heavy atom. The van der Waals surface area contributed by atoms with Crippen LogP contribution in [0.15, 0.2) is 29.1 Å². The number of nitrogens with one attached hydrogen (secondary N) is 1. The van der Waals surface area contributed by atoms with Crippen molar-refractivity contribution in [3.05, 3.63) is 51.4 Å². The maximum absolute atomic E-state index is 11.9. The monoisotopic (exact) mass is 310 g/mol. The molecule has 23 heavy (non-hydrogen) atoms. The second kappa shape index (κ2) is 7.15. The summed E-state index contributed by atoms with van der Waals surface area (Å²) in [6, 6.07) is 9.58. The molecule has 1 N–H and O–H groups in total. The van der Waals surface area contributed by atoms with Crippen LogP contribution in [-0.4, -0.2) is 11.6 Å². The minimum Gasteiger partial charge on any atom is -0.493 e. The summed E-state index contributed by atoms with van der Waals surface area (Å²) in [6.45, 7) is 8.80. The summed E-state index contributed by atoms with van der Waals surface area (Å²) in [6.07, 6.45) is 1.01. The van der Waals surface area contributed by atoms with E-state index in [1.807, 2.05) is 44.2 Å². The molecule has 0 fully saturated rings. The third-order valence-electron chi connectivity index (χ3n) is 3.72. The molecule has 0 atom stereocenters. The van der Waals surface area contributed by atoms with Crippen LogP contribution in [0.5, 0.6) is 5.75 Å². The van der Waals surface area contributed by atoms with Gasteiger partial charge in [-0.3, -0.25) is 4.79 Å². The summed E-state index contributed by atoms with van der Waals surface area (Å²) in [7, 11) is 0. The van der Waals surface area contributed by atoms with E-state index in [1.165, 1.54) is 0 Å². The van der Waals surface area contributed by atoms with E-state index in [4.69, 9.17) is 4.74 Å². The molecule has 1 aromatic carbocycles. The topological polar surface area (TPSA) is 65.9 Å². The number of hydrogen-bond donors (Lipinski definition) is 1. The van der Waals surface area contributed by atoms with E-state index in [0.29, 0.717) is 18.1 Å². The van der Waals surface area contributed by atoms with Crippen molar-refractivity contribution in [2.24, 2.45) is 5.92 Å². The average molecular weight is 310 g/mol. The second-order valence-corrected chi connectivity index (χ2v) is 6.19. The van der Waals surface area contributed by atoms with Crippen LogP contribution >= 0.6 is 0 Å². The van der Waals surface area contributed by atoms with Crippen LogP contribution in [0.25, 0.3) is 11.1 Å². The third-order valence-corrected chi connectivity index (χ3v) is 3.72. The van der Waals surface area contributed by atoms with Gasteiger partial charge >= 0.3 is 0 Å². The highest BCUT2D eigenvalue weighted by molar-refractivity contribution is 5.71. The molecule has 0 saturated heterocycles. The normalized spacial score (nSPS) is 10.6. The van der Waals surface area contributed by atoms with Gasteiger partial charge in [0.15, 0.2) is 0 Å². The third kappa shape index (κ3) is 4.01. The Hall–Kier alpha value is -2.54. The van der Waals surface area contributed by atoms with Crippen molar-refractivity contribution in [2.75, 3.05) is 6.61 Å². The lowest BCUT2D eigenvalue weighted by molar-refractivity contribution is 0.288. The first-order chi connectivity index (χ1) is 10.9. The molecule has 1 aromatic heterocycles. The zero-order valence-electron chi connectivity index (χ0n) is 14.1. The van der Waals surface area contributed by atoms with Crippen LogP contribution < -0.4 is 10.3 Å². The van der Waals surface area contributed by atoms with Crippen LogP contribution in [0, 0.1) is 31.1 Å². The Kier molecular flexibility index (Phi) is 5.23. The first-order valence-electron chi connectivity index (χ1n) is 7.80. The summed E-state index contributed by atoms with van der Waals surface area (Å²) in [5.74, 6) is 1.45. The Morgan fingerprint density at radius 1 is 1.26 bits per heavy atom. The quantitative estimate of drug-likeness (QED) is 0.909. The number of rotatable bonds is 5. The molecule has 4 nitrogen and oxygen atoms in total. The second-order valence-electron chi connectivity index (χ2n) is 6.19. The number of aromatic amines is 1. The molecule has 0 unspecified atom stereocenters. The fourth-order valence-corrected chi connectivity index (χ4v) is 2.41. The first-order valence-corrected chi connectivity index (χ1v) is 7.80. The van der Waals surface area contributed by atoms with Gasteiger partial charge in [-0.05, 0) is 55.5 Å². The van der Waals surface area contributed by atoms with Crippen molar-refractivity contribution in [1.29, 1.82) is 5.26 Å². The molecule has 0 aliphatic carbocycles. The fourth-order valence-electron chi connectivity index (χ4n) is 2.41. The molecule has 0 aliphatic heterocycles. The van der Waals surface area contributed by atoms with Gasteiger partial charge in [0.05, 0.1) is 6.61 Å². The van der Waals surface area contributed by atoms with Crippen LogP contribution in [0.4, 0.5) is 0 Å². The highest BCUT2D eigenvalue weighted by Crippen LogP contribution is 2.28. The maximum atomic E-state index is 11.9. The molecule has 120 valence electrons. The summed E-state index contributed by atoms with van der Waals surface area (Å²) in [5, 5.41) is 9.25. The van der Waals surface area contributed by atoms with Crippen molar-refractivity contribution in [3.63, 3.8) is 0 Å². The number of nitrogens with zero attached hydrogens (tertiary/aromatic N) is 1. The van der Waals surface area contributed by atoms with E-state index < -0.39 is 0 Å². The molecular formula is C19H22N2O2. The first kappa shape index (κ1) is 16.8. The zero-order chi connectivity index (χ0) is 17.0. The van der Waals surface area contributed by atoms with E-state index in [9.17, 15) is 10.1 Å². The molecule has 0 aliphatic rings. The van der Waals surface area contributed by atoms with E-state index >= 15 is 0 Å². The van der Waals surface area contributed by atoms with Gasteiger partial charge in [0.1, 0.15) is 17.4 Å². The number of aryl methyl sites for hydroxylation is 2. The maximum Gasteiger partial charge on any atom is 0.266 e. The number of pyridine rings is 1. The highest BCUT2D eigenvalue weighted by atomic mass is 16.5. The Labute approximate surface area is 136 Å². The zero-order valence-corrected chi connectivity index (χ0v) is 14.1. The molecule has 2 aromatic rings. The molecule has 0 bridgehead atoms. The molecule has 0 saturated carbocycles. The number of ether oxygens (including phenoxy) is 1. The van der Waals surface area contributed by atoms with Crippen LogP contribution in [0.3, 0.4) is 0 Å². The minimum absolute atomic E-state index is 0.142. The van der Waals surface area contributed by atoms with Crippen molar-refractivity contribution >= 4 is 0 Å². The molecule has 0 radical (unpaired) electrons. The Morgan fingerprint density at radius 2 is 2.00 bits per heavy atom. The number of benzene rings is 1. The number of H-pyrrole nitrogens is 1. The smallest absolute Gasteiger partial charge is 0.266 e. The highest BCUT2D eigenvalue weighted by Gasteiger charge is 2.11. The van der Waals surface area contributed by atoms with Crippen LogP contribution in [0.2, 0.25) is 0 Å². The van der Waals surface area contributed by atoms with E-state index in [2.05, 4.69) is 18.8 Å². The van der Waals surface area contributed by atoms with Gasteiger partial charge in [-0.25, -0.2) is 0 Å². The van der Waals surface area contributed by atoms with Crippen molar-refractivity contribution in [2.45, 2.75) is 34.1 Å². The van der Waals surface area contributed by atoms with E-state index in [-0.39, 0.29) is 11.1 Å². The van der Waals surface area contributed by atoms with Crippen molar-refractivity contribution in [3.8, 4) is 22.9 Å². The molecular weight excluding hydrogens is 288 g/mol. The van der Waals surface area contributed by atoms with E-state index in [0.717, 1.165) is 29.0 Å². The van der Waals surface area contributed by atoms with Gasteiger partial charge in [0.25, 0.3) is 5.56 Å². The van der Waals surface area contributed by atoms with E-state index in [1.54, 1.807) is 0 Å². The number of hydrogen-bond acceptors (Lipinski definition) is 3. The van der Waals surface area contributed by atoms with Gasteiger partial charge in [-0.2, -0.15) is 5.26 Å². The minimum atomic E-state index is -0.350. The van der Waals surface area contributed by atoms with Crippen LogP contribution in [-0.2, 0) is 0 Å². The lowest BCUT2D eigenvalue weighted by Gasteiger charge is -2.12. The number of aromatic nitrogens is 1. The summed E-state index contributed by atoms with van der Waals surface area (Å²) in [4.78, 5) is 14.6. The molecule has 2 rings (SSSR count). The fraction of sp³-hybridized carbons (Fsp3) is 0.368. The van der Waals surface area contributed by atoms with Crippen LogP contribution in [0.1, 0.15) is 37.1 Å². The lowest BCUT2D eigenvalue weighted by atomic mass is 9.99. The van der Waals surface area contributed by atoms with Gasteiger partial charge in [0, 0.05) is 11.3 Å². The molecule has 4 heteroatoms. The van der Waals surface area contributed by atoms with Gasteiger partial charge < -0.3 is 9.72 Å². The molecule has 1 heterocycles.